The number of nitrogens with zero attached hydrogens (tertiary/aromatic N) is 3. The first-order chi connectivity index (χ1) is 15.3. The van der Waals surface area contributed by atoms with Gasteiger partial charge in [-0.05, 0) is 68.7 Å². The second-order valence-electron chi connectivity index (χ2n) is 7.86. The van der Waals surface area contributed by atoms with Crippen molar-refractivity contribution in [1.82, 2.24) is 8.87 Å². The predicted octanol–water partition coefficient (Wildman–Crippen LogP) is 5.07. The quantitative estimate of drug-likeness (QED) is 0.500. The molecule has 170 valence electrons. The molecule has 1 aliphatic rings. The smallest absolute Gasteiger partial charge is 0.279 e. The van der Waals surface area contributed by atoms with Gasteiger partial charge in [-0.25, -0.2) is 8.42 Å². The van der Waals surface area contributed by atoms with Crippen molar-refractivity contribution in [2.75, 3.05) is 6.54 Å². The lowest BCUT2D eigenvalue weighted by Gasteiger charge is -2.34. The van der Waals surface area contributed by atoms with Crippen LogP contribution < -0.4 is 4.80 Å². The summed E-state index contributed by atoms with van der Waals surface area (Å²) in [5.41, 5.74) is 1.33. The standard InChI is InChI=1S/C23H26ClN3O3S2/c1-3-18-7-5-6-14-27(18)32(29,30)19-11-8-16(9-12-19)22(28)25-23-26(4-2)20-13-10-17(24)15-21(20)31-23/h8-13,15,18H,3-7,14H2,1-2H3. The summed E-state index contributed by atoms with van der Waals surface area (Å²) in [6.45, 7) is 5.23. The molecule has 1 atom stereocenters. The van der Waals surface area contributed by atoms with Crippen LogP contribution in [0.5, 0.6) is 0 Å². The normalized spacial score (nSPS) is 18.3. The summed E-state index contributed by atoms with van der Waals surface area (Å²) in [4.78, 5) is 17.9. The summed E-state index contributed by atoms with van der Waals surface area (Å²) in [6, 6.07) is 11.8. The van der Waals surface area contributed by atoms with Gasteiger partial charge in [0.2, 0.25) is 10.0 Å². The van der Waals surface area contributed by atoms with Crippen LogP contribution in [0.25, 0.3) is 10.2 Å². The minimum atomic E-state index is -3.58. The van der Waals surface area contributed by atoms with Crippen molar-refractivity contribution in [1.29, 1.82) is 0 Å². The molecule has 1 saturated heterocycles. The third-order valence-electron chi connectivity index (χ3n) is 5.91. The molecular weight excluding hydrogens is 466 g/mol. The van der Waals surface area contributed by atoms with Crippen molar-refractivity contribution >= 4 is 49.1 Å². The number of aryl methyl sites for hydroxylation is 1. The molecule has 0 saturated carbocycles. The summed E-state index contributed by atoms with van der Waals surface area (Å²) < 4.78 is 30.8. The van der Waals surface area contributed by atoms with Crippen LogP contribution >= 0.6 is 22.9 Å². The van der Waals surface area contributed by atoms with Gasteiger partial charge in [-0.2, -0.15) is 9.30 Å². The Balaban J connectivity index is 1.63. The Hall–Kier alpha value is -2.00. The van der Waals surface area contributed by atoms with Gasteiger partial charge in [0, 0.05) is 29.7 Å². The first-order valence-electron chi connectivity index (χ1n) is 10.8. The van der Waals surface area contributed by atoms with E-state index in [1.54, 1.807) is 16.4 Å². The van der Waals surface area contributed by atoms with Crippen LogP contribution in [-0.2, 0) is 16.6 Å². The van der Waals surface area contributed by atoms with E-state index in [-0.39, 0.29) is 10.9 Å². The highest BCUT2D eigenvalue weighted by Gasteiger charge is 2.32. The summed E-state index contributed by atoms with van der Waals surface area (Å²) in [6.07, 6.45) is 3.62. The summed E-state index contributed by atoms with van der Waals surface area (Å²) in [5, 5.41) is 0.635. The highest BCUT2D eigenvalue weighted by molar-refractivity contribution is 7.89. The van der Waals surface area contributed by atoms with Crippen LogP contribution in [0.3, 0.4) is 0 Å². The molecule has 1 unspecified atom stereocenters. The third-order valence-corrected chi connectivity index (χ3v) is 9.15. The Kier molecular flexibility index (Phi) is 6.86. The molecule has 32 heavy (non-hydrogen) atoms. The lowest BCUT2D eigenvalue weighted by atomic mass is 10.0. The lowest BCUT2D eigenvalue weighted by molar-refractivity contribution is 0.0997. The number of rotatable bonds is 5. The Labute approximate surface area is 197 Å². The number of hydrogen-bond acceptors (Lipinski definition) is 4. The maximum Gasteiger partial charge on any atom is 0.279 e. The fourth-order valence-corrected chi connectivity index (χ4v) is 7.33. The molecule has 1 fully saturated rings. The predicted molar refractivity (Wildman–Crippen MR) is 129 cm³/mol. The van der Waals surface area contributed by atoms with E-state index in [0.717, 1.165) is 35.9 Å². The Bertz CT molecular complexity index is 1310. The van der Waals surface area contributed by atoms with Gasteiger partial charge in [-0.1, -0.05) is 36.3 Å². The number of hydrogen-bond donors (Lipinski definition) is 0. The van der Waals surface area contributed by atoms with E-state index in [1.807, 2.05) is 36.6 Å². The van der Waals surface area contributed by atoms with E-state index >= 15 is 0 Å². The maximum atomic E-state index is 13.1. The molecule has 0 aliphatic carbocycles. The number of amides is 1. The number of benzene rings is 2. The zero-order valence-corrected chi connectivity index (χ0v) is 20.5. The molecule has 9 heteroatoms. The number of piperidine rings is 1. The van der Waals surface area contributed by atoms with E-state index in [1.165, 1.54) is 23.5 Å². The molecule has 1 amide bonds. The van der Waals surface area contributed by atoms with E-state index < -0.39 is 15.9 Å². The number of aromatic nitrogens is 1. The number of carbonyl (C=O) groups is 1. The second-order valence-corrected chi connectivity index (χ2v) is 11.2. The van der Waals surface area contributed by atoms with Crippen molar-refractivity contribution in [3.63, 3.8) is 0 Å². The third kappa shape index (κ3) is 4.41. The zero-order chi connectivity index (χ0) is 22.9. The first-order valence-corrected chi connectivity index (χ1v) is 13.5. The van der Waals surface area contributed by atoms with E-state index in [4.69, 9.17) is 11.6 Å². The van der Waals surface area contributed by atoms with Gasteiger partial charge in [0.15, 0.2) is 4.80 Å². The van der Waals surface area contributed by atoms with Crippen molar-refractivity contribution in [3.05, 3.63) is 57.9 Å². The lowest BCUT2D eigenvalue weighted by Crippen LogP contribution is -2.43. The van der Waals surface area contributed by atoms with Crippen LogP contribution in [0.2, 0.25) is 5.02 Å². The Morgan fingerprint density at radius 2 is 1.91 bits per heavy atom. The molecule has 0 radical (unpaired) electrons. The number of carbonyl (C=O) groups excluding carboxylic acids is 1. The molecule has 1 aliphatic heterocycles. The molecule has 3 aromatic rings. The van der Waals surface area contributed by atoms with Gasteiger partial charge in [-0.3, -0.25) is 4.79 Å². The van der Waals surface area contributed by atoms with Crippen LogP contribution in [0.1, 0.15) is 49.9 Å². The molecule has 0 bridgehead atoms. The Morgan fingerprint density at radius 3 is 2.59 bits per heavy atom. The number of fused-ring (bicyclic) bond motifs is 1. The van der Waals surface area contributed by atoms with E-state index in [0.29, 0.717) is 28.5 Å². The molecule has 0 N–H and O–H groups in total. The van der Waals surface area contributed by atoms with Crippen molar-refractivity contribution in [2.24, 2.45) is 4.99 Å². The van der Waals surface area contributed by atoms with Gasteiger partial charge in [0.1, 0.15) is 0 Å². The van der Waals surface area contributed by atoms with Crippen LogP contribution in [0.4, 0.5) is 0 Å². The maximum absolute atomic E-state index is 13.1. The first kappa shape index (κ1) is 23.2. The SMILES string of the molecule is CCC1CCCCN1S(=O)(=O)c1ccc(C(=O)N=c2sc3cc(Cl)ccc3n2CC)cc1. The van der Waals surface area contributed by atoms with Crippen LogP contribution in [0.15, 0.2) is 52.4 Å². The summed E-state index contributed by atoms with van der Waals surface area (Å²) >= 11 is 7.50. The van der Waals surface area contributed by atoms with Gasteiger partial charge >= 0.3 is 0 Å². The second kappa shape index (κ2) is 9.47. The fraction of sp³-hybridized carbons (Fsp3) is 0.391. The molecule has 0 spiro atoms. The van der Waals surface area contributed by atoms with E-state index in [9.17, 15) is 13.2 Å². The molecule has 2 aromatic carbocycles. The Morgan fingerprint density at radius 1 is 1.16 bits per heavy atom. The highest BCUT2D eigenvalue weighted by atomic mass is 35.5. The number of thiazole rings is 1. The van der Waals surface area contributed by atoms with Crippen molar-refractivity contribution < 1.29 is 13.2 Å². The number of halogens is 1. The molecule has 6 nitrogen and oxygen atoms in total. The molecule has 1 aromatic heterocycles. The zero-order valence-electron chi connectivity index (χ0n) is 18.1. The summed E-state index contributed by atoms with van der Waals surface area (Å²) in [5.74, 6) is -0.404. The largest absolute Gasteiger partial charge is 0.317 e. The van der Waals surface area contributed by atoms with Gasteiger partial charge in [-0.15, -0.1) is 0 Å². The van der Waals surface area contributed by atoms with Gasteiger partial charge in [0.05, 0.1) is 15.1 Å². The van der Waals surface area contributed by atoms with Crippen molar-refractivity contribution in [2.45, 2.75) is 57.0 Å². The van der Waals surface area contributed by atoms with Gasteiger partial charge in [0.25, 0.3) is 5.91 Å². The average Bonchev–Trinajstić information content (AvgIpc) is 3.14. The van der Waals surface area contributed by atoms with Crippen LogP contribution in [0, 0.1) is 0 Å². The monoisotopic (exact) mass is 491 g/mol. The molecule has 4 rings (SSSR count). The number of sulfonamides is 1. The average molecular weight is 492 g/mol. The minimum Gasteiger partial charge on any atom is -0.317 e. The topological polar surface area (TPSA) is 71.7 Å². The highest BCUT2D eigenvalue weighted by Crippen LogP contribution is 2.27. The van der Waals surface area contributed by atoms with Crippen molar-refractivity contribution in [3.8, 4) is 0 Å². The summed E-state index contributed by atoms with van der Waals surface area (Å²) in [7, 11) is -3.58. The minimum absolute atomic E-state index is 0.0380. The van der Waals surface area contributed by atoms with Gasteiger partial charge < -0.3 is 4.57 Å². The molecule has 2 heterocycles. The van der Waals surface area contributed by atoms with E-state index in [2.05, 4.69) is 4.99 Å². The van der Waals surface area contributed by atoms with Crippen LogP contribution in [-0.4, -0.2) is 35.8 Å². The molecular formula is C23H26ClN3O3S2. The fourth-order valence-electron chi connectivity index (χ4n) is 4.19.